The summed E-state index contributed by atoms with van der Waals surface area (Å²) in [6.45, 7) is 11.2. The lowest BCUT2D eigenvalue weighted by Crippen LogP contribution is -2.80. The first-order valence-corrected chi connectivity index (χ1v) is 8.00. The largest absolute Gasteiger partial charge is 0.377 e. The van der Waals surface area contributed by atoms with E-state index in [-0.39, 0.29) is 23.3 Å². The van der Waals surface area contributed by atoms with Gasteiger partial charge in [-0.2, -0.15) is 0 Å². The number of fused-ring (bicyclic) bond motifs is 1. The maximum Gasteiger partial charge on any atom is 0.243 e. The molecule has 4 unspecified atom stereocenters. The van der Waals surface area contributed by atoms with Crippen molar-refractivity contribution in [2.24, 2.45) is 28.9 Å². The zero-order valence-corrected chi connectivity index (χ0v) is 13.2. The standard InChI is InChI=1S/C16H28N2O2/c1-10(2)11-5-7-18(9-11)14(19)16(17)12-6-8-20-13(12)15(16,3)4/h10-13H,5-9,17H2,1-4H3. The van der Waals surface area contributed by atoms with Gasteiger partial charge in [-0.1, -0.05) is 27.7 Å². The molecular weight excluding hydrogens is 252 g/mol. The van der Waals surface area contributed by atoms with Gasteiger partial charge in [0.15, 0.2) is 0 Å². The summed E-state index contributed by atoms with van der Waals surface area (Å²) in [5, 5.41) is 0. The van der Waals surface area contributed by atoms with Gasteiger partial charge in [-0.3, -0.25) is 4.79 Å². The monoisotopic (exact) mass is 280 g/mol. The highest BCUT2D eigenvalue weighted by molar-refractivity contribution is 5.90. The van der Waals surface area contributed by atoms with Gasteiger partial charge in [-0.25, -0.2) is 0 Å². The smallest absolute Gasteiger partial charge is 0.243 e. The molecule has 4 atom stereocenters. The predicted molar refractivity (Wildman–Crippen MR) is 78.1 cm³/mol. The van der Waals surface area contributed by atoms with E-state index in [4.69, 9.17) is 10.5 Å². The Bertz CT molecular complexity index is 421. The molecule has 20 heavy (non-hydrogen) atoms. The zero-order chi connectivity index (χ0) is 14.7. The van der Waals surface area contributed by atoms with E-state index in [1.165, 1.54) is 0 Å². The normalized spacial score (nSPS) is 42.7. The third kappa shape index (κ3) is 1.64. The van der Waals surface area contributed by atoms with Crippen molar-refractivity contribution < 1.29 is 9.53 Å². The summed E-state index contributed by atoms with van der Waals surface area (Å²) in [6, 6.07) is 0. The number of ether oxygens (including phenoxy) is 1. The van der Waals surface area contributed by atoms with Gasteiger partial charge in [0.1, 0.15) is 5.54 Å². The Morgan fingerprint density at radius 1 is 1.35 bits per heavy atom. The van der Waals surface area contributed by atoms with E-state index in [0.717, 1.165) is 32.5 Å². The Morgan fingerprint density at radius 3 is 2.65 bits per heavy atom. The van der Waals surface area contributed by atoms with Gasteiger partial charge >= 0.3 is 0 Å². The Balaban J connectivity index is 1.77. The molecule has 2 N–H and O–H groups in total. The summed E-state index contributed by atoms with van der Waals surface area (Å²) in [5.74, 6) is 1.64. The van der Waals surface area contributed by atoms with Crippen LogP contribution in [-0.2, 0) is 9.53 Å². The van der Waals surface area contributed by atoms with Crippen molar-refractivity contribution in [3.05, 3.63) is 0 Å². The molecule has 0 aromatic rings. The van der Waals surface area contributed by atoms with Crippen molar-refractivity contribution in [2.45, 2.75) is 52.2 Å². The zero-order valence-electron chi connectivity index (χ0n) is 13.2. The summed E-state index contributed by atoms with van der Waals surface area (Å²) in [7, 11) is 0. The highest BCUT2D eigenvalue weighted by Crippen LogP contribution is 2.58. The lowest BCUT2D eigenvalue weighted by molar-refractivity contribution is -0.183. The number of amides is 1. The molecule has 3 aliphatic rings. The van der Waals surface area contributed by atoms with Gasteiger partial charge in [-0.15, -0.1) is 0 Å². The topological polar surface area (TPSA) is 55.6 Å². The highest BCUT2D eigenvalue weighted by Gasteiger charge is 2.72. The van der Waals surface area contributed by atoms with Crippen LogP contribution in [0.5, 0.6) is 0 Å². The molecule has 1 saturated carbocycles. The molecule has 1 aliphatic carbocycles. The third-order valence-electron chi connectivity index (χ3n) is 6.26. The molecule has 3 fully saturated rings. The number of carbonyl (C=O) groups is 1. The minimum atomic E-state index is -0.722. The van der Waals surface area contributed by atoms with Gasteiger partial charge < -0.3 is 15.4 Å². The molecule has 114 valence electrons. The first kappa shape index (κ1) is 14.3. The molecule has 4 heteroatoms. The number of hydrogen-bond donors (Lipinski definition) is 1. The lowest BCUT2D eigenvalue weighted by Gasteiger charge is -2.61. The summed E-state index contributed by atoms with van der Waals surface area (Å²) < 4.78 is 5.78. The Kier molecular flexibility index (Phi) is 3.18. The Hall–Kier alpha value is -0.610. The van der Waals surface area contributed by atoms with Gasteiger partial charge in [0.05, 0.1) is 6.10 Å². The van der Waals surface area contributed by atoms with Crippen molar-refractivity contribution in [2.75, 3.05) is 19.7 Å². The first-order valence-electron chi connectivity index (χ1n) is 8.00. The fraction of sp³-hybridized carbons (Fsp3) is 0.938. The summed E-state index contributed by atoms with van der Waals surface area (Å²) >= 11 is 0. The maximum absolute atomic E-state index is 13.0. The van der Waals surface area contributed by atoms with E-state index in [0.29, 0.717) is 11.8 Å². The van der Waals surface area contributed by atoms with Gasteiger partial charge in [-0.05, 0) is 24.7 Å². The van der Waals surface area contributed by atoms with Crippen LogP contribution < -0.4 is 5.73 Å². The van der Waals surface area contributed by atoms with Crippen LogP contribution in [0.15, 0.2) is 0 Å². The van der Waals surface area contributed by atoms with E-state index < -0.39 is 5.54 Å². The number of carbonyl (C=O) groups excluding carboxylic acids is 1. The van der Waals surface area contributed by atoms with Gasteiger partial charge in [0, 0.05) is 31.0 Å². The molecule has 1 amide bonds. The average molecular weight is 280 g/mol. The van der Waals surface area contributed by atoms with E-state index in [9.17, 15) is 4.79 Å². The second-order valence-electron chi connectivity index (χ2n) is 7.82. The van der Waals surface area contributed by atoms with Crippen LogP contribution >= 0.6 is 0 Å². The van der Waals surface area contributed by atoms with E-state index in [1.807, 2.05) is 4.90 Å². The number of hydrogen-bond acceptors (Lipinski definition) is 3. The molecule has 3 rings (SSSR count). The van der Waals surface area contributed by atoms with Crippen molar-refractivity contribution >= 4 is 5.91 Å². The third-order valence-corrected chi connectivity index (χ3v) is 6.26. The summed E-state index contributed by atoms with van der Waals surface area (Å²) in [6.07, 6.45) is 2.21. The molecule has 0 aromatic carbocycles. The molecule has 0 aromatic heterocycles. The lowest BCUT2D eigenvalue weighted by atomic mass is 9.47. The second kappa shape index (κ2) is 4.44. The number of rotatable bonds is 2. The molecule has 2 saturated heterocycles. The van der Waals surface area contributed by atoms with Crippen molar-refractivity contribution in [1.82, 2.24) is 4.90 Å². The molecule has 0 bridgehead atoms. The van der Waals surface area contributed by atoms with Crippen LogP contribution in [0.25, 0.3) is 0 Å². The number of nitrogens with two attached hydrogens (primary N) is 1. The van der Waals surface area contributed by atoms with E-state index in [1.54, 1.807) is 0 Å². The minimum absolute atomic E-state index is 0.164. The van der Waals surface area contributed by atoms with Crippen molar-refractivity contribution in [3.8, 4) is 0 Å². The minimum Gasteiger partial charge on any atom is -0.377 e. The Morgan fingerprint density at radius 2 is 2.05 bits per heavy atom. The highest BCUT2D eigenvalue weighted by atomic mass is 16.5. The van der Waals surface area contributed by atoms with Crippen LogP contribution in [-0.4, -0.2) is 42.1 Å². The predicted octanol–water partition coefficient (Wildman–Crippen LogP) is 1.63. The fourth-order valence-electron chi connectivity index (χ4n) is 4.60. The maximum atomic E-state index is 13.0. The molecule has 0 radical (unpaired) electrons. The van der Waals surface area contributed by atoms with Gasteiger partial charge in [0.2, 0.25) is 5.91 Å². The molecule has 2 heterocycles. The molecule has 4 nitrogen and oxygen atoms in total. The van der Waals surface area contributed by atoms with E-state index in [2.05, 4.69) is 27.7 Å². The van der Waals surface area contributed by atoms with Crippen LogP contribution in [0, 0.1) is 23.2 Å². The first-order chi connectivity index (χ1) is 9.30. The fourth-order valence-corrected chi connectivity index (χ4v) is 4.60. The summed E-state index contributed by atoms with van der Waals surface area (Å²) in [4.78, 5) is 15.0. The van der Waals surface area contributed by atoms with Crippen LogP contribution in [0.1, 0.15) is 40.5 Å². The quantitative estimate of drug-likeness (QED) is 0.836. The van der Waals surface area contributed by atoms with Crippen LogP contribution in [0.2, 0.25) is 0 Å². The van der Waals surface area contributed by atoms with Crippen molar-refractivity contribution in [1.29, 1.82) is 0 Å². The summed E-state index contributed by atoms with van der Waals surface area (Å²) in [5.41, 5.74) is 5.67. The number of likely N-dealkylation sites (tertiary alicyclic amines) is 1. The van der Waals surface area contributed by atoms with Gasteiger partial charge in [0.25, 0.3) is 0 Å². The molecule has 2 aliphatic heterocycles. The second-order valence-corrected chi connectivity index (χ2v) is 7.82. The Labute approximate surface area is 122 Å². The number of nitrogens with zero attached hydrogens (tertiary/aromatic N) is 1. The van der Waals surface area contributed by atoms with Crippen LogP contribution in [0.4, 0.5) is 0 Å². The average Bonchev–Trinajstić information content (AvgIpc) is 3.04. The molecular formula is C16H28N2O2. The van der Waals surface area contributed by atoms with E-state index >= 15 is 0 Å². The van der Waals surface area contributed by atoms with Crippen LogP contribution in [0.3, 0.4) is 0 Å². The SMILES string of the molecule is CC(C)C1CCN(C(=O)C2(N)C3CCOC3C2(C)C)C1. The molecule has 0 spiro atoms. The van der Waals surface area contributed by atoms with Crippen molar-refractivity contribution in [3.63, 3.8) is 0 Å².